The van der Waals surface area contributed by atoms with Crippen LogP contribution in [-0.4, -0.2) is 17.0 Å². The molecule has 4 nitrogen and oxygen atoms in total. The summed E-state index contributed by atoms with van der Waals surface area (Å²) in [6.45, 7) is 3.92. The molecule has 0 bridgehead atoms. The quantitative estimate of drug-likeness (QED) is 0.832. The van der Waals surface area contributed by atoms with Gasteiger partial charge in [0.1, 0.15) is 0 Å². The number of carboxylic acids is 1. The topological polar surface area (TPSA) is 66.4 Å². The Bertz CT molecular complexity index is 563. The molecule has 0 aromatic heterocycles. The smallest absolute Gasteiger partial charge is 0.307 e. The number of allylic oxidation sites excluding steroid dienone is 2. The third kappa shape index (κ3) is 3.07. The van der Waals surface area contributed by atoms with Crippen molar-refractivity contribution in [3.63, 3.8) is 0 Å². The predicted octanol–water partition coefficient (Wildman–Crippen LogP) is 2.91. The molecular weight excluding hydrogens is 254 g/mol. The van der Waals surface area contributed by atoms with Gasteiger partial charge in [-0.3, -0.25) is 9.59 Å². The zero-order valence-electron chi connectivity index (χ0n) is 11.7. The van der Waals surface area contributed by atoms with Crippen LogP contribution in [0.3, 0.4) is 0 Å². The van der Waals surface area contributed by atoms with E-state index in [0.717, 1.165) is 16.8 Å². The summed E-state index contributed by atoms with van der Waals surface area (Å²) < 4.78 is 0. The minimum atomic E-state index is -0.907. The molecule has 1 aromatic carbocycles. The first-order chi connectivity index (χ1) is 9.49. The van der Waals surface area contributed by atoms with E-state index in [1.54, 1.807) is 0 Å². The van der Waals surface area contributed by atoms with Crippen molar-refractivity contribution in [1.82, 2.24) is 0 Å². The molecule has 0 spiro atoms. The predicted molar refractivity (Wildman–Crippen MR) is 77.5 cm³/mol. The molecule has 1 aliphatic rings. The molecule has 106 valence electrons. The molecule has 2 N–H and O–H groups in total. The van der Waals surface area contributed by atoms with Crippen LogP contribution in [0, 0.1) is 25.7 Å². The molecule has 1 amide bonds. The Balaban J connectivity index is 2.14. The lowest BCUT2D eigenvalue weighted by Gasteiger charge is -2.24. The van der Waals surface area contributed by atoms with Crippen LogP contribution in [-0.2, 0) is 9.59 Å². The fraction of sp³-hybridized carbons (Fsp3) is 0.375. The molecule has 20 heavy (non-hydrogen) atoms. The lowest BCUT2D eigenvalue weighted by atomic mass is 9.82. The maximum atomic E-state index is 12.3. The van der Waals surface area contributed by atoms with Crippen molar-refractivity contribution in [2.45, 2.75) is 26.7 Å². The molecule has 0 fully saturated rings. The zero-order valence-corrected chi connectivity index (χ0v) is 11.7. The van der Waals surface area contributed by atoms with E-state index >= 15 is 0 Å². The Morgan fingerprint density at radius 2 is 1.80 bits per heavy atom. The number of hydrogen-bond donors (Lipinski definition) is 2. The highest BCUT2D eigenvalue weighted by Crippen LogP contribution is 2.28. The van der Waals surface area contributed by atoms with Crippen LogP contribution in [0.4, 0.5) is 5.69 Å². The Hall–Kier alpha value is -2.10. The first-order valence-corrected chi connectivity index (χ1v) is 6.75. The number of benzene rings is 1. The first kappa shape index (κ1) is 14.3. The Morgan fingerprint density at radius 3 is 2.40 bits per heavy atom. The highest BCUT2D eigenvalue weighted by atomic mass is 16.4. The highest BCUT2D eigenvalue weighted by molar-refractivity contribution is 5.96. The zero-order chi connectivity index (χ0) is 14.7. The second-order valence-electron chi connectivity index (χ2n) is 5.30. The van der Waals surface area contributed by atoms with Crippen molar-refractivity contribution >= 4 is 17.6 Å². The number of nitrogens with one attached hydrogen (secondary N) is 1. The minimum Gasteiger partial charge on any atom is -0.481 e. The summed E-state index contributed by atoms with van der Waals surface area (Å²) in [4.78, 5) is 23.5. The van der Waals surface area contributed by atoms with Gasteiger partial charge in [0, 0.05) is 5.69 Å². The highest BCUT2D eigenvalue weighted by Gasteiger charge is 2.34. The maximum absolute atomic E-state index is 12.3. The van der Waals surface area contributed by atoms with Crippen molar-refractivity contribution < 1.29 is 14.7 Å². The summed E-state index contributed by atoms with van der Waals surface area (Å²) >= 11 is 0. The number of anilines is 1. The van der Waals surface area contributed by atoms with Crippen LogP contribution in [0.5, 0.6) is 0 Å². The summed E-state index contributed by atoms with van der Waals surface area (Å²) in [7, 11) is 0. The van der Waals surface area contributed by atoms with Crippen molar-refractivity contribution in [3.8, 4) is 0 Å². The van der Waals surface area contributed by atoms with Crippen LogP contribution in [0.2, 0.25) is 0 Å². The molecule has 0 saturated carbocycles. The fourth-order valence-electron chi connectivity index (χ4n) is 2.56. The Morgan fingerprint density at radius 1 is 1.15 bits per heavy atom. The molecule has 2 atom stereocenters. The van der Waals surface area contributed by atoms with Crippen molar-refractivity contribution in [1.29, 1.82) is 0 Å². The number of aryl methyl sites for hydroxylation is 2. The number of aliphatic carboxylic acids is 1. The second kappa shape index (κ2) is 5.90. The molecule has 0 heterocycles. The molecule has 0 unspecified atom stereocenters. The van der Waals surface area contributed by atoms with E-state index in [2.05, 4.69) is 5.32 Å². The molecular formula is C16H19NO3. The first-order valence-electron chi connectivity index (χ1n) is 6.75. The van der Waals surface area contributed by atoms with Crippen LogP contribution in [0.1, 0.15) is 24.0 Å². The second-order valence-corrected chi connectivity index (χ2v) is 5.30. The van der Waals surface area contributed by atoms with Crippen LogP contribution in [0.25, 0.3) is 0 Å². The van der Waals surface area contributed by atoms with Crippen LogP contribution < -0.4 is 5.32 Å². The summed E-state index contributed by atoms with van der Waals surface area (Å²) in [6, 6.07) is 5.78. The summed E-state index contributed by atoms with van der Waals surface area (Å²) in [5, 5.41) is 12.1. The average Bonchev–Trinajstić information content (AvgIpc) is 2.41. The van der Waals surface area contributed by atoms with E-state index in [-0.39, 0.29) is 5.91 Å². The monoisotopic (exact) mass is 273 g/mol. The minimum absolute atomic E-state index is 0.214. The van der Waals surface area contributed by atoms with Gasteiger partial charge in [0.05, 0.1) is 11.8 Å². The largest absolute Gasteiger partial charge is 0.481 e. The number of amides is 1. The number of hydrogen-bond acceptors (Lipinski definition) is 2. The number of carbonyl (C=O) groups excluding carboxylic acids is 1. The molecule has 1 aliphatic carbocycles. The lowest BCUT2D eigenvalue weighted by Crippen LogP contribution is -2.34. The molecule has 1 aromatic rings. The lowest BCUT2D eigenvalue weighted by molar-refractivity contribution is -0.146. The van der Waals surface area contributed by atoms with Crippen molar-refractivity contribution in [2.75, 3.05) is 5.32 Å². The van der Waals surface area contributed by atoms with Crippen molar-refractivity contribution in [2.24, 2.45) is 11.8 Å². The number of carbonyl (C=O) groups is 2. The van der Waals surface area contributed by atoms with Crippen molar-refractivity contribution in [3.05, 3.63) is 41.5 Å². The summed E-state index contributed by atoms with van der Waals surface area (Å²) in [6.07, 6.45) is 4.61. The van der Waals surface area contributed by atoms with E-state index in [1.807, 2.05) is 44.2 Å². The molecule has 2 rings (SSSR count). The van der Waals surface area contributed by atoms with Gasteiger partial charge in [0.25, 0.3) is 0 Å². The third-order valence-electron chi connectivity index (χ3n) is 3.73. The maximum Gasteiger partial charge on any atom is 0.307 e. The third-order valence-corrected chi connectivity index (χ3v) is 3.73. The van der Waals surface area contributed by atoms with Gasteiger partial charge < -0.3 is 10.4 Å². The van der Waals surface area contributed by atoms with Gasteiger partial charge in [0.2, 0.25) is 5.91 Å². The normalized spacial score (nSPS) is 21.5. The van der Waals surface area contributed by atoms with Gasteiger partial charge >= 0.3 is 5.97 Å². The Kier molecular flexibility index (Phi) is 4.23. The van der Waals surface area contributed by atoms with E-state index in [0.29, 0.717) is 12.8 Å². The van der Waals surface area contributed by atoms with E-state index in [4.69, 9.17) is 0 Å². The molecule has 0 aliphatic heterocycles. The van der Waals surface area contributed by atoms with Crippen LogP contribution in [0.15, 0.2) is 30.4 Å². The molecule has 4 heteroatoms. The number of rotatable bonds is 3. The van der Waals surface area contributed by atoms with Gasteiger partial charge in [-0.2, -0.15) is 0 Å². The average molecular weight is 273 g/mol. The summed E-state index contributed by atoms with van der Waals surface area (Å²) in [5.74, 6) is -2.26. The summed E-state index contributed by atoms with van der Waals surface area (Å²) in [5.41, 5.74) is 2.86. The number of carboxylic acid groups (broad SMARTS) is 1. The molecule has 0 saturated heterocycles. The fourth-order valence-corrected chi connectivity index (χ4v) is 2.56. The van der Waals surface area contributed by atoms with Gasteiger partial charge in [-0.15, -0.1) is 0 Å². The SMILES string of the molecule is Cc1ccc(NC(=O)[C@H]2CC=CC[C@@H]2C(=O)O)c(C)c1. The van der Waals surface area contributed by atoms with Crippen LogP contribution >= 0.6 is 0 Å². The standard InChI is InChI=1S/C16H19NO3/c1-10-7-8-14(11(2)9-10)17-15(18)12-5-3-4-6-13(12)16(19)20/h3-4,7-9,12-13H,5-6H2,1-2H3,(H,17,18)(H,19,20)/t12-,13-/m0/s1. The van der Waals surface area contributed by atoms with Gasteiger partial charge in [-0.1, -0.05) is 29.8 Å². The van der Waals surface area contributed by atoms with E-state index in [9.17, 15) is 14.7 Å². The Labute approximate surface area is 118 Å². The van der Waals surface area contributed by atoms with Gasteiger partial charge in [-0.25, -0.2) is 0 Å². The van der Waals surface area contributed by atoms with E-state index < -0.39 is 17.8 Å². The molecule has 0 radical (unpaired) electrons. The van der Waals surface area contributed by atoms with Gasteiger partial charge in [-0.05, 0) is 38.3 Å². The van der Waals surface area contributed by atoms with Gasteiger partial charge in [0.15, 0.2) is 0 Å². The van der Waals surface area contributed by atoms with E-state index in [1.165, 1.54) is 0 Å².